The van der Waals surface area contributed by atoms with Crippen molar-refractivity contribution in [1.29, 1.82) is 0 Å². The van der Waals surface area contributed by atoms with Gasteiger partial charge >= 0.3 is 0 Å². The van der Waals surface area contributed by atoms with E-state index < -0.39 is 0 Å². The smallest absolute Gasteiger partial charge is 0.0663 e. The molecule has 52 heavy (non-hydrogen) atoms. The fourth-order valence-electron chi connectivity index (χ4n) is 7.49. The molecule has 2 atom stereocenters. The Morgan fingerprint density at radius 3 is 1.31 bits per heavy atom. The SMILES string of the molecule is CC(C)=CC[C@H]1CCC(C)=C(/C=C/C(C)=C/C=C/C(C)=C/C=C/C=C(C)/C=C/C=C(C)/C=C/C2=C(C)CC[C@@H](CC=C(CO)CO)C2(C)C)C1(C)C. The van der Waals surface area contributed by atoms with Crippen LogP contribution in [-0.4, -0.2) is 23.4 Å². The molecule has 2 N–H and O–H groups in total. The fraction of sp³-hybridized carbons (Fsp3) is 0.480. The molecule has 2 nitrogen and oxygen atoms in total. The minimum atomic E-state index is -0.0748. The van der Waals surface area contributed by atoms with Gasteiger partial charge in [0.05, 0.1) is 13.2 Å². The highest BCUT2D eigenvalue weighted by molar-refractivity contribution is 5.40. The lowest BCUT2D eigenvalue weighted by atomic mass is 9.64. The highest BCUT2D eigenvalue weighted by Crippen LogP contribution is 2.48. The van der Waals surface area contributed by atoms with Crippen molar-refractivity contribution in [2.24, 2.45) is 22.7 Å². The second-order valence-electron chi connectivity index (χ2n) is 16.6. The van der Waals surface area contributed by atoms with Gasteiger partial charge in [0.2, 0.25) is 0 Å². The third-order valence-corrected chi connectivity index (χ3v) is 11.3. The zero-order chi connectivity index (χ0) is 38.9. The van der Waals surface area contributed by atoms with Crippen LogP contribution in [0.4, 0.5) is 0 Å². The van der Waals surface area contributed by atoms with Gasteiger partial charge in [-0.1, -0.05) is 164 Å². The molecular formula is C50H72O2. The molecule has 0 saturated heterocycles. The van der Waals surface area contributed by atoms with Crippen LogP contribution in [0, 0.1) is 22.7 Å². The Balaban J connectivity index is 1.96. The van der Waals surface area contributed by atoms with E-state index in [0.29, 0.717) is 17.4 Å². The van der Waals surface area contributed by atoms with Crippen molar-refractivity contribution in [3.8, 4) is 0 Å². The molecule has 2 aliphatic carbocycles. The van der Waals surface area contributed by atoms with Crippen molar-refractivity contribution in [3.63, 3.8) is 0 Å². The van der Waals surface area contributed by atoms with Crippen LogP contribution in [0.2, 0.25) is 0 Å². The van der Waals surface area contributed by atoms with Crippen molar-refractivity contribution in [2.45, 2.75) is 122 Å². The van der Waals surface area contributed by atoms with Crippen LogP contribution in [0.5, 0.6) is 0 Å². The predicted octanol–water partition coefficient (Wildman–Crippen LogP) is 13.7. The highest BCUT2D eigenvalue weighted by atomic mass is 16.3. The second kappa shape index (κ2) is 21.9. The van der Waals surface area contributed by atoms with Crippen LogP contribution in [0.1, 0.15) is 122 Å². The van der Waals surface area contributed by atoms with Gasteiger partial charge in [0.15, 0.2) is 0 Å². The maximum atomic E-state index is 9.44. The second-order valence-corrected chi connectivity index (χ2v) is 16.6. The Labute approximate surface area is 319 Å². The first kappa shape index (κ1) is 44.7. The standard InChI is InChI=1S/C50H72O2/c1-37(2)23-29-45-30-26-42(7)47(49(45,9)10)33-24-40(5)21-15-19-38(3)17-13-14-18-39(4)20-16-22-41(6)25-34-48-43(8)27-31-46(50(48,11)12)32-28-44(35-51)36-52/h13-25,28,33-34,45-46,51-52H,26-27,29-32,35-36H2,1-12H3/b14-13+,19-15+,20-16+,33-24+,34-25+,38-17+,39-18+,40-21+,41-22+/t45-,46-/m0/s1. The lowest BCUT2D eigenvalue weighted by Gasteiger charge is -2.41. The summed E-state index contributed by atoms with van der Waals surface area (Å²) >= 11 is 0. The summed E-state index contributed by atoms with van der Waals surface area (Å²) in [4.78, 5) is 0. The Morgan fingerprint density at radius 1 is 0.558 bits per heavy atom. The fourth-order valence-corrected chi connectivity index (χ4v) is 7.49. The Bertz CT molecular complexity index is 1600. The molecule has 0 saturated carbocycles. The average Bonchev–Trinajstić information content (AvgIpc) is 3.07. The normalized spacial score (nSPS) is 22.3. The van der Waals surface area contributed by atoms with E-state index in [9.17, 15) is 10.2 Å². The van der Waals surface area contributed by atoms with Gasteiger partial charge in [0.25, 0.3) is 0 Å². The molecule has 0 heterocycles. The van der Waals surface area contributed by atoms with Crippen molar-refractivity contribution in [2.75, 3.05) is 13.2 Å². The van der Waals surface area contributed by atoms with Gasteiger partial charge in [-0.3, -0.25) is 0 Å². The van der Waals surface area contributed by atoms with E-state index in [1.54, 1.807) is 0 Å². The molecule has 0 aromatic rings. The summed E-state index contributed by atoms with van der Waals surface area (Å²) < 4.78 is 0. The van der Waals surface area contributed by atoms with E-state index in [-0.39, 0.29) is 24.0 Å². The minimum Gasteiger partial charge on any atom is -0.392 e. The molecule has 2 heteroatoms. The maximum absolute atomic E-state index is 9.44. The van der Waals surface area contributed by atoms with Crippen LogP contribution in [-0.2, 0) is 0 Å². The zero-order valence-corrected chi connectivity index (χ0v) is 34.9. The van der Waals surface area contributed by atoms with Crippen molar-refractivity contribution in [1.82, 2.24) is 0 Å². The monoisotopic (exact) mass is 705 g/mol. The van der Waals surface area contributed by atoms with Crippen molar-refractivity contribution >= 4 is 0 Å². The Kier molecular flexibility index (Phi) is 18.8. The highest BCUT2D eigenvalue weighted by Gasteiger charge is 2.36. The van der Waals surface area contributed by atoms with E-state index in [1.807, 2.05) is 6.08 Å². The van der Waals surface area contributed by atoms with Gasteiger partial charge in [-0.05, 0) is 133 Å². The molecule has 0 amide bonds. The summed E-state index contributed by atoms with van der Waals surface area (Å²) in [5.74, 6) is 1.16. The molecule has 0 spiro atoms. The summed E-state index contributed by atoms with van der Waals surface area (Å²) in [6, 6.07) is 0. The Hall–Kier alpha value is -3.46. The van der Waals surface area contributed by atoms with E-state index in [4.69, 9.17) is 0 Å². The lowest BCUT2D eigenvalue weighted by molar-refractivity contribution is 0.233. The zero-order valence-electron chi connectivity index (χ0n) is 34.9. The molecule has 2 rings (SSSR count). The van der Waals surface area contributed by atoms with Gasteiger partial charge in [0.1, 0.15) is 0 Å². The maximum Gasteiger partial charge on any atom is 0.0663 e. The van der Waals surface area contributed by atoms with Crippen LogP contribution < -0.4 is 0 Å². The van der Waals surface area contributed by atoms with E-state index in [1.165, 1.54) is 69.4 Å². The van der Waals surface area contributed by atoms with E-state index in [0.717, 1.165) is 19.3 Å². The van der Waals surface area contributed by atoms with Crippen LogP contribution >= 0.6 is 0 Å². The molecular weight excluding hydrogens is 633 g/mol. The average molecular weight is 705 g/mol. The van der Waals surface area contributed by atoms with E-state index >= 15 is 0 Å². The number of rotatable bonds is 16. The topological polar surface area (TPSA) is 40.5 Å². The first-order valence-electron chi connectivity index (χ1n) is 19.5. The predicted molar refractivity (Wildman–Crippen MR) is 230 cm³/mol. The molecule has 0 bridgehead atoms. The Morgan fingerprint density at radius 2 is 0.923 bits per heavy atom. The number of allylic oxidation sites excluding steroid dienone is 25. The molecule has 284 valence electrons. The lowest BCUT2D eigenvalue weighted by Crippen LogP contribution is -2.30. The number of aliphatic hydroxyl groups excluding tert-OH is 2. The van der Waals surface area contributed by atoms with Gasteiger partial charge in [0, 0.05) is 0 Å². The summed E-state index contributed by atoms with van der Waals surface area (Å²) in [5.41, 5.74) is 13.1. The van der Waals surface area contributed by atoms with Crippen LogP contribution in [0.3, 0.4) is 0 Å². The molecule has 0 radical (unpaired) electrons. The van der Waals surface area contributed by atoms with Gasteiger partial charge in [-0.25, -0.2) is 0 Å². The van der Waals surface area contributed by atoms with Crippen LogP contribution in [0.25, 0.3) is 0 Å². The molecule has 0 aromatic carbocycles. The van der Waals surface area contributed by atoms with Crippen LogP contribution in [0.15, 0.2) is 153 Å². The quantitative estimate of drug-likeness (QED) is 0.124. The van der Waals surface area contributed by atoms with Crippen molar-refractivity contribution in [3.05, 3.63) is 153 Å². The molecule has 0 fully saturated rings. The molecule has 2 aliphatic rings. The third kappa shape index (κ3) is 14.5. The summed E-state index contributed by atoms with van der Waals surface area (Å²) in [6.45, 7) is 26.9. The number of hydrogen-bond acceptors (Lipinski definition) is 2. The first-order chi connectivity index (χ1) is 24.5. The molecule has 0 unspecified atom stereocenters. The van der Waals surface area contributed by atoms with Gasteiger partial charge in [-0.15, -0.1) is 0 Å². The van der Waals surface area contributed by atoms with Crippen molar-refractivity contribution < 1.29 is 10.2 Å². The largest absolute Gasteiger partial charge is 0.392 e. The third-order valence-electron chi connectivity index (χ3n) is 11.3. The first-order valence-corrected chi connectivity index (χ1v) is 19.5. The van der Waals surface area contributed by atoms with Gasteiger partial charge < -0.3 is 10.2 Å². The summed E-state index contributed by atoms with van der Waals surface area (Å²) in [5, 5.41) is 18.9. The summed E-state index contributed by atoms with van der Waals surface area (Å²) in [6.07, 6.45) is 41.8. The summed E-state index contributed by atoms with van der Waals surface area (Å²) in [7, 11) is 0. The van der Waals surface area contributed by atoms with Gasteiger partial charge in [-0.2, -0.15) is 0 Å². The molecule has 0 aliphatic heterocycles. The number of hydrogen-bond donors (Lipinski definition) is 2. The minimum absolute atomic E-state index is 0.0297. The number of aliphatic hydroxyl groups is 2. The van der Waals surface area contributed by atoms with E-state index in [2.05, 4.69) is 174 Å². The molecule has 0 aromatic heterocycles.